The molecule has 1 aliphatic heterocycles. The Morgan fingerprint density at radius 1 is 1.11 bits per heavy atom. The maximum atomic E-state index is 12.7. The molecule has 2 aromatic carbocycles. The van der Waals surface area contributed by atoms with Crippen molar-refractivity contribution < 1.29 is 14.3 Å². The highest BCUT2D eigenvalue weighted by molar-refractivity contribution is 6.32. The maximum absolute atomic E-state index is 12.7. The number of carbonyl (C=O) groups excluding carboxylic acids is 1. The van der Waals surface area contributed by atoms with E-state index in [1.54, 1.807) is 12.1 Å². The molecule has 0 aromatic heterocycles. The van der Waals surface area contributed by atoms with Crippen molar-refractivity contribution in [1.82, 2.24) is 4.90 Å². The van der Waals surface area contributed by atoms with Crippen molar-refractivity contribution in [3.63, 3.8) is 0 Å². The average Bonchev–Trinajstić information content (AvgIpc) is 2.71. The van der Waals surface area contributed by atoms with Gasteiger partial charge in [0.05, 0.1) is 24.9 Å². The summed E-state index contributed by atoms with van der Waals surface area (Å²) in [5, 5.41) is 3.30. The molecule has 0 radical (unpaired) electrons. The van der Waals surface area contributed by atoms with E-state index in [4.69, 9.17) is 21.1 Å². The van der Waals surface area contributed by atoms with E-state index in [0.29, 0.717) is 27.8 Å². The Labute approximate surface area is 171 Å². The van der Waals surface area contributed by atoms with E-state index in [9.17, 15) is 4.79 Å². The number of anilines is 1. The van der Waals surface area contributed by atoms with Crippen molar-refractivity contribution >= 4 is 23.2 Å². The third kappa shape index (κ3) is 4.97. The van der Waals surface area contributed by atoms with Crippen LogP contribution in [0.25, 0.3) is 0 Å². The Morgan fingerprint density at radius 2 is 1.75 bits per heavy atom. The van der Waals surface area contributed by atoms with Crippen LogP contribution in [0, 0.1) is 5.92 Å². The van der Waals surface area contributed by atoms with E-state index in [1.165, 1.54) is 32.6 Å². The first-order valence-electron chi connectivity index (χ1n) is 9.54. The van der Waals surface area contributed by atoms with Gasteiger partial charge in [0.15, 0.2) is 0 Å². The van der Waals surface area contributed by atoms with Gasteiger partial charge < -0.3 is 14.8 Å². The summed E-state index contributed by atoms with van der Waals surface area (Å²) >= 11 is 6.12. The van der Waals surface area contributed by atoms with E-state index in [2.05, 4.69) is 17.1 Å². The number of nitrogens with one attached hydrogen (secondary N) is 1. The predicted octanol–water partition coefficient (Wildman–Crippen LogP) is 4.84. The van der Waals surface area contributed by atoms with Crippen molar-refractivity contribution in [3.8, 4) is 11.5 Å². The fraction of sp³-hybridized carbons (Fsp3) is 0.409. The van der Waals surface area contributed by atoms with Crippen LogP contribution in [0.2, 0.25) is 5.02 Å². The molecule has 6 heteroatoms. The Hall–Kier alpha value is -2.24. The lowest BCUT2D eigenvalue weighted by molar-refractivity contribution is 0.102. The zero-order chi connectivity index (χ0) is 20.1. The van der Waals surface area contributed by atoms with Gasteiger partial charge in [-0.1, -0.05) is 30.7 Å². The van der Waals surface area contributed by atoms with Crippen LogP contribution in [-0.4, -0.2) is 38.1 Å². The number of amides is 1. The van der Waals surface area contributed by atoms with Crippen molar-refractivity contribution in [1.29, 1.82) is 0 Å². The first kappa shape index (κ1) is 20.5. The lowest BCUT2D eigenvalue weighted by atomic mass is 9.99. The van der Waals surface area contributed by atoms with E-state index in [0.717, 1.165) is 25.6 Å². The van der Waals surface area contributed by atoms with E-state index < -0.39 is 0 Å². The zero-order valence-corrected chi connectivity index (χ0v) is 17.4. The highest BCUT2D eigenvalue weighted by Gasteiger charge is 2.17. The molecule has 0 aliphatic carbocycles. The molecule has 1 amide bonds. The minimum absolute atomic E-state index is 0.207. The van der Waals surface area contributed by atoms with Gasteiger partial charge >= 0.3 is 0 Å². The number of piperidine rings is 1. The molecule has 150 valence electrons. The van der Waals surface area contributed by atoms with Crippen LogP contribution in [0.5, 0.6) is 11.5 Å². The van der Waals surface area contributed by atoms with Gasteiger partial charge in [-0.25, -0.2) is 0 Å². The largest absolute Gasteiger partial charge is 0.495 e. The minimum Gasteiger partial charge on any atom is -0.495 e. The summed E-state index contributed by atoms with van der Waals surface area (Å²) in [6.07, 6.45) is 2.51. The summed E-state index contributed by atoms with van der Waals surface area (Å²) < 4.78 is 10.5. The van der Waals surface area contributed by atoms with Crippen LogP contribution >= 0.6 is 11.6 Å². The van der Waals surface area contributed by atoms with Crippen molar-refractivity contribution in [2.45, 2.75) is 26.3 Å². The molecule has 3 rings (SSSR count). The van der Waals surface area contributed by atoms with Crippen LogP contribution in [0.15, 0.2) is 36.4 Å². The van der Waals surface area contributed by atoms with Gasteiger partial charge in [0, 0.05) is 24.2 Å². The molecule has 0 bridgehead atoms. The molecule has 0 saturated carbocycles. The number of ether oxygens (including phenoxy) is 2. The predicted molar refractivity (Wildman–Crippen MR) is 113 cm³/mol. The van der Waals surface area contributed by atoms with E-state index in [1.807, 2.05) is 24.3 Å². The van der Waals surface area contributed by atoms with E-state index in [-0.39, 0.29) is 5.91 Å². The highest BCUT2D eigenvalue weighted by atomic mass is 35.5. The molecule has 0 spiro atoms. The molecule has 5 nitrogen and oxygen atoms in total. The van der Waals surface area contributed by atoms with Gasteiger partial charge in [0.25, 0.3) is 5.91 Å². The van der Waals surface area contributed by atoms with Crippen molar-refractivity contribution in [3.05, 3.63) is 52.5 Å². The highest BCUT2D eigenvalue weighted by Crippen LogP contribution is 2.36. The molecule has 0 atom stereocenters. The van der Waals surface area contributed by atoms with Gasteiger partial charge in [-0.3, -0.25) is 9.69 Å². The molecular formula is C22H27ClN2O3. The third-order valence-electron chi connectivity index (χ3n) is 5.22. The molecule has 0 unspecified atom stereocenters. The number of benzene rings is 2. The fourth-order valence-corrected chi connectivity index (χ4v) is 3.62. The summed E-state index contributed by atoms with van der Waals surface area (Å²) in [7, 11) is 3.06. The average molecular weight is 403 g/mol. The van der Waals surface area contributed by atoms with E-state index >= 15 is 0 Å². The quantitative estimate of drug-likeness (QED) is 0.751. The number of rotatable bonds is 6. The summed E-state index contributed by atoms with van der Waals surface area (Å²) in [5.41, 5.74) is 2.32. The molecule has 1 saturated heterocycles. The van der Waals surface area contributed by atoms with Gasteiger partial charge in [-0.15, -0.1) is 0 Å². The zero-order valence-electron chi connectivity index (χ0n) is 16.6. The van der Waals surface area contributed by atoms with Crippen LogP contribution in [0.3, 0.4) is 0 Å². The molecule has 28 heavy (non-hydrogen) atoms. The van der Waals surface area contributed by atoms with Gasteiger partial charge in [-0.2, -0.15) is 0 Å². The van der Waals surface area contributed by atoms with Crippen molar-refractivity contribution in [2.24, 2.45) is 5.92 Å². The Kier molecular flexibility index (Phi) is 6.81. The fourth-order valence-electron chi connectivity index (χ4n) is 3.39. The number of halogens is 1. The van der Waals surface area contributed by atoms with Crippen LogP contribution in [-0.2, 0) is 6.54 Å². The van der Waals surface area contributed by atoms with Gasteiger partial charge in [0.2, 0.25) is 0 Å². The molecule has 1 N–H and O–H groups in total. The van der Waals surface area contributed by atoms with Crippen LogP contribution in [0.1, 0.15) is 35.7 Å². The summed E-state index contributed by atoms with van der Waals surface area (Å²) in [4.78, 5) is 15.1. The smallest absolute Gasteiger partial charge is 0.255 e. The second-order valence-electron chi connectivity index (χ2n) is 7.30. The SMILES string of the molecule is COc1cc(NC(=O)c2ccc(CN3CCC(C)CC3)cc2)c(OC)cc1Cl. The van der Waals surface area contributed by atoms with Crippen molar-refractivity contribution in [2.75, 3.05) is 32.6 Å². The number of hydrogen-bond acceptors (Lipinski definition) is 4. The minimum atomic E-state index is -0.207. The monoisotopic (exact) mass is 402 g/mol. The standard InChI is InChI=1S/C22H27ClN2O3/c1-15-8-10-25(11-9-15)14-16-4-6-17(7-5-16)22(26)24-19-13-20(27-2)18(23)12-21(19)28-3/h4-7,12-13,15H,8-11,14H2,1-3H3,(H,24,26). The summed E-state index contributed by atoms with van der Waals surface area (Å²) in [5.74, 6) is 1.57. The number of carbonyl (C=O) groups is 1. The molecule has 1 heterocycles. The first-order chi connectivity index (χ1) is 13.5. The number of methoxy groups -OCH3 is 2. The van der Waals surface area contributed by atoms with Gasteiger partial charge in [0.1, 0.15) is 11.5 Å². The normalized spacial score (nSPS) is 15.3. The molecule has 1 aliphatic rings. The second kappa shape index (κ2) is 9.30. The lowest BCUT2D eigenvalue weighted by Gasteiger charge is -2.30. The van der Waals surface area contributed by atoms with Gasteiger partial charge in [-0.05, 0) is 49.5 Å². The topological polar surface area (TPSA) is 50.8 Å². The second-order valence-corrected chi connectivity index (χ2v) is 7.70. The van der Waals surface area contributed by atoms with Crippen LogP contribution in [0.4, 0.5) is 5.69 Å². The number of hydrogen-bond donors (Lipinski definition) is 1. The summed E-state index contributed by atoms with van der Waals surface area (Å²) in [6, 6.07) is 11.0. The first-order valence-corrected chi connectivity index (χ1v) is 9.92. The Morgan fingerprint density at radius 3 is 2.36 bits per heavy atom. The number of nitrogens with zero attached hydrogens (tertiary/aromatic N) is 1. The molecular weight excluding hydrogens is 376 g/mol. The third-order valence-corrected chi connectivity index (χ3v) is 5.52. The summed E-state index contributed by atoms with van der Waals surface area (Å²) in [6.45, 7) is 5.52. The Bertz CT molecular complexity index is 815. The lowest BCUT2D eigenvalue weighted by Crippen LogP contribution is -2.32. The molecule has 1 fully saturated rings. The molecule has 2 aromatic rings. The Balaban J connectivity index is 1.66. The maximum Gasteiger partial charge on any atom is 0.255 e. The number of likely N-dealkylation sites (tertiary alicyclic amines) is 1. The van der Waals surface area contributed by atoms with Crippen LogP contribution < -0.4 is 14.8 Å².